The number of anilines is 1. The lowest BCUT2D eigenvalue weighted by Crippen LogP contribution is -2.37. The molecule has 0 saturated carbocycles. The van der Waals surface area contributed by atoms with Crippen molar-refractivity contribution in [2.45, 2.75) is 18.6 Å². The van der Waals surface area contributed by atoms with Crippen LogP contribution >= 0.6 is 0 Å². The Morgan fingerprint density at radius 2 is 1.65 bits per heavy atom. The van der Waals surface area contributed by atoms with Gasteiger partial charge in [0.15, 0.2) is 9.84 Å². The molecule has 26 heavy (non-hydrogen) atoms. The van der Waals surface area contributed by atoms with Crippen molar-refractivity contribution in [2.75, 3.05) is 16.4 Å². The minimum Gasteiger partial charge on any atom is -0.314 e. The number of urea groups is 1. The number of fused-ring (bicyclic) bond motifs is 1. The number of nitrogens with zero attached hydrogens (tertiary/aromatic N) is 2. The molecule has 0 spiro atoms. The Kier molecular flexibility index (Phi) is 3.95. The summed E-state index contributed by atoms with van der Waals surface area (Å²) in [5.74, 6) is -1.12. The molecule has 0 N–H and O–H groups in total. The van der Waals surface area contributed by atoms with Crippen LogP contribution in [-0.4, -0.2) is 42.9 Å². The highest BCUT2D eigenvalue weighted by Gasteiger charge is 2.53. The average molecular weight is 378 g/mol. The van der Waals surface area contributed by atoms with Gasteiger partial charge >= 0.3 is 6.03 Å². The lowest BCUT2D eigenvalue weighted by Gasteiger charge is -2.22. The van der Waals surface area contributed by atoms with E-state index in [0.717, 1.165) is 0 Å². The molecular weight excluding hydrogens is 362 g/mol. The van der Waals surface area contributed by atoms with Gasteiger partial charge in [0.1, 0.15) is 11.6 Å². The average Bonchev–Trinajstić information content (AvgIpc) is 3.00. The zero-order valence-corrected chi connectivity index (χ0v) is 14.5. The molecule has 0 unspecified atom stereocenters. The molecule has 2 heterocycles. The van der Waals surface area contributed by atoms with E-state index in [-0.39, 0.29) is 24.1 Å². The number of benzene rings is 2. The first-order valence-electron chi connectivity index (χ1n) is 8.14. The Morgan fingerprint density at radius 1 is 0.962 bits per heavy atom. The standard InChI is InChI=1S/C18H16F2N2O3S/c19-13-4-6-15(7-5-13)22-17-11-26(24,25)10-16(17)21(18(22)23)9-12-2-1-3-14(20)8-12/h1-8,16-17H,9-11H2/t16-,17+/m1/s1. The molecule has 0 aromatic heterocycles. The van der Waals surface area contributed by atoms with Crippen LogP contribution in [0.5, 0.6) is 0 Å². The molecule has 2 fully saturated rings. The van der Waals surface area contributed by atoms with Crippen LogP contribution in [0.15, 0.2) is 48.5 Å². The Morgan fingerprint density at radius 3 is 2.35 bits per heavy atom. The minimum absolute atomic E-state index is 0.116. The second-order valence-electron chi connectivity index (χ2n) is 6.60. The molecule has 4 rings (SSSR count). The monoisotopic (exact) mass is 378 g/mol. The first-order valence-corrected chi connectivity index (χ1v) is 9.96. The van der Waals surface area contributed by atoms with E-state index in [1.165, 1.54) is 46.2 Å². The minimum atomic E-state index is -3.30. The summed E-state index contributed by atoms with van der Waals surface area (Å²) in [7, 11) is -3.30. The Bertz CT molecular complexity index is 963. The molecular formula is C18H16F2N2O3S. The van der Waals surface area contributed by atoms with Crippen LogP contribution in [0.4, 0.5) is 19.3 Å². The quantitative estimate of drug-likeness (QED) is 0.772. The number of carbonyl (C=O) groups excluding carboxylic acids is 1. The van der Waals surface area contributed by atoms with Gasteiger partial charge in [-0.1, -0.05) is 12.1 Å². The van der Waals surface area contributed by atoms with Crippen molar-refractivity contribution in [3.63, 3.8) is 0 Å². The zero-order chi connectivity index (χ0) is 18.5. The summed E-state index contributed by atoms with van der Waals surface area (Å²) in [6.07, 6.45) is 0. The summed E-state index contributed by atoms with van der Waals surface area (Å²) in [6, 6.07) is 9.85. The van der Waals surface area contributed by atoms with Crippen molar-refractivity contribution in [1.82, 2.24) is 4.90 Å². The van der Waals surface area contributed by atoms with E-state index < -0.39 is 33.6 Å². The zero-order valence-electron chi connectivity index (χ0n) is 13.7. The van der Waals surface area contributed by atoms with Crippen molar-refractivity contribution < 1.29 is 22.0 Å². The molecule has 2 aliphatic heterocycles. The van der Waals surface area contributed by atoms with Crippen LogP contribution in [0.1, 0.15) is 5.56 Å². The molecule has 136 valence electrons. The van der Waals surface area contributed by atoms with Crippen molar-refractivity contribution in [1.29, 1.82) is 0 Å². The Labute approximate surface area is 149 Å². The number of rotatable bonds is 3. The highest BCUT2D eigenvalue weighted by atomic mass is 32.2. The maximum Gasteiger partial charge on any atom is 0.325 e. The Balaban J connectivity index is 1.70. The maximum absolute atomic E-state index is 13.5. The van der Waals surface area contributed by atoms with Gasteiger partial charge in [-0.15, -0.1) is 0 Å². The molecule has 2 aliphatic rings. The third kappa shape index (κ3) is 2.94. The highest BCUT2D eigenvalue weighted by Crippen LogP contribution is 2.36. The summed E-state index contributed by atoms with van der Waals surface area (Å²) in [4.78, 5) is 15.9. The predicted molar refractivity (Wildman–Crippen MR) is 92.4 cm³/mol. The Hall–Kier alpha value is -2.48. The van der Waals surface area contributed by atoms with Gasteiger partial charge in [-0.25, -0.2) is 22.0 Å². The fourth-order valence-corrected chi connectivity index (χ4v) is 5.65. The van der Waals surface area contributed by atoms with Gasteiger partial charge in [0.25, 0.3) is 0 Å². The van der Waals surface area contributed by atoms with Crippen LogP contribution in [-0.2, 0) is 16.4 Å². The number of halogens is 2. The van der Waals surface area contributed by atoms with Gasteiger partial charge in [-0.05, 0) is 42.0 Å². The van der Waals surface area contributed by atoms with Crippen LogP contribution in [0.3, 0.4) is 0 Å². The SMILES string of the molecule is O=C1N(Cc2cccc(F)c2)[C@@H]2CS(=O)(=O)C[C@@H]2N1c1ccc(F)cc1. The molecule has 0 aliphatic carbocycles. The van der Waals surface area contributed by atoms with Gasteiger partial charge in [0.2, 0.25) is 0 Å². The van der Waals surface area contributed by atoms with Crippen molar-refractivity contribution in [3.8, 4) is 0 Å². The second kappa shape index (κ2) is 6.05. The van der Waals surface area contributed by atoms with E-state index in [2.05, 4.69) is 0 Å². The summed E-state index contributed by atoms with van der Waals surface area (Å²) in [5, 5.41) is 0. The fraction of sp³-hybridized carbons (Fsp3) is 0.278. The number of carbonyl (C=O) groups is 1. The number of sulfone groups is 1. The van der Waals surface area contributed by atoms with E-state index in [4.69, 9.17) is 0 Å². The first kappa shape index (κ1) is 17.0. The third-order valence-electron chi connectivity index (χ3n) is 4.82. The fourth-order valence-electron chi connectivity index (χ4n) is 3.70. The van der Waals surface area contributed by atoms with Gasteiger partial charge in [-0.2, -0.15) is 0 Å². The second-order valence-corrected chi connectivity index (χ2v) is 8.75. The van der Waals surface area contributed by atoms with Crippen LogP contribution < -0.4 is 4.90 Å². The van der Waals surface area contributed by atoms with E-state index in [1.807, 2.05) is 0 Å². The van der Waals surface area contributed by atoms with Gasteiger partial charge < -0.3 is 4.90 Å². The van der Waals surface area contributed by atoms with Crippen molar-refractivity contribution >= 4 is 21.6 Å². The highest BCUT2D eigenvalue weighted by molar-refractivity contribution is 7.91. The molecule has 0 radical (unpaired) electrons. The number of hydrogen-bond acceptors (Lipinski definition) is 3. The summed E-state index contributed by atoms with van der Waals surface area (Å²) in [5.41, 5.74) is 1.03. The van der Waals surface area contributed by atoms with Crippen molar-refractivity contribution in [3.05, 3.63) is 65.7 Å². The third-order valence-corrected chi connectivity index (χ3v) is 6.52. The lowest BCUT2D eigenvalue weighted by atomic mass is 10.1. The lowest BCUT2D eigenvalue weighted by molar-refractivity contribution is 0.206. The smallest absolute Gasteiger partial charge is 0.314 e. The molecule has 0 bridgehead atoms. The number of amides is 2. The summed E-state index contributed by atoms with van der Waals surface area (Å²) < 4.78 is 51.0. The van der Waals surface area contributed by atoms with E-state index in [9.17, 15) is 22.0 Å². The summed E-state index contributed by atoms with van der Waals surface area (Å²) in [6.45, 7) is 0.116. The molecule has 5 nitrogen and oxygen atoms in total. The number of hydrogen-bond donors (Lipinski definition) is 0. The van der Waals surface area contributed by atoms with Crippen molar-refractivity contribution in [2.24, 2.45) is 0 Å². The molecule has 2 aromatic carbocycles. The topological polar surface area (TPSA) is 57.7 Å². The largest absolute Gasteiger partial charge is 0.325 e. The molecule has 2 saturated heterocycles. The van der Waals surface area contributed by atoms with E-state index in [0.29, 0.717) is 11.3 Å². The maximum atomic E-state index is 13.5. The van der Waals surface area contributed by atoms with Gasteiger partial charge in [0.05, 0.1) is 23.6 Å². The first-order chi connectivity index (χ1) is 12.3. The van der Waals surface area contributed by atoms with Crippen LogP contribution in [0.2, 0.25) is 0 Å². The molecule has 2 atom stereocenters. The van der Waals surface area contributed by atoms with Crippen LogP contribution in [0.25, 0.3) is 0 Å². The van der Waals surface area contributed by atoms with Gasteiger partial charge in [0, 0.05) is 12.2 Å². The van der Waals surface area contributed by atoms with Crippen LogP contribution in [0, 0.1) is 11.6 Å². The van der Waals surface area contributed by atoms with E-state index >= 15 is 0 Å². The normalized spacial score (nSPS) is 24.2. The summed E-state index contributed by atoms with van der Waals surface area (Å²) >= 11 is 0. The predicted octanol–water partition coefficient (Wildman–Crippen LogP) is 2.57. The molecule has 2 aromatic rings. The molecule has 8 heteroatoms. The van der Waals surface area contributed by atoms with Gasteiger partial charge in [-0.3, -0.25) is 4.90 Å². The van der Waals surface area contributed by atoms with E-state index in [1.54, 1.807) is 12.1 Å². The molecule has 2 amide bonds.